The number of aromatic nitrogens is 4. The van der Waals surface area contributed by atoms with Crippen LogP contribution in [-0.2, 0) is 26.2 Å². The summed E-state index contributed by atoms with van der Waals surface area (Å²) in [6.07, 6.45) is 2.34. The summed E-state index contributed by atoms with van der Waals surface area (Å²) in [5, 5.41) is 4.60. The first-order chi connectivity index (χ1) is 21.0. The van der Waals surface area contributed by atoms with Crippen LogP contribution in [0.25, 0.3) is 21.8 Å². The fraction of sp³-hybridized carbons (Fsp3) is 0.484. The molecule has 2 aliphatic heterocycles. The van der Waals surface area contributed by atoms with E-state index < -0.39 is 7.15 Å². The summed E-state index contributed by atoms with van der Waals surface area (Å²) < 4.78 is 21.0. The number of nitrogens with one attached hydrogen (secondary N) is 1. The molecule has 0 radical (unpaired) electrons. The van der Waals surface area contributed by atoms with Crippen LogP contribution in [0, 0.1) is 0 Å². The average Bonchev–Trinajstić information content (AvgIpc) is 3.01. The third-order valence-corrected chi connectivity index (χ3v) is 9.15. The first kappa shape index (κ1) is 33.9. The van der Waals surface area contributed by atoms with E-state index in [4.69, 9.17) is 6.35 Å². The molecule has 2 aliphatic rings. The van der Waals surface area contributed by atoms with Crippen molar-refractivity contribution in [3.63, 3.8) is 0 Å². The van der Waals surface area contributed by atoms with E-state index in [1.54, 1.807) is 4.57 Å². The molecule has 2 atom stereocenters. The minimum absolute atomic E-state index is 0.0639. The van der Waals surface area contributed by atoms with Crippen molar-refractivity contribution in [3.8, 4) is 0 Å². The van der Waals surface area contributed by atoms with Crippen LogP contribution >= 0.6 is 47.8 Å². The monoisotopic (exact) mass is 785 g/mol. The van der Waals surface area contributed by atoms with Gasteiger partial charge in [0.15, 0.2) is 0 Å². The molecule has 234 valence electrons. The second-order valence-electron chi connectivity index (χ2n) is 10.4. The van der Waals surface area contributed by atoms with Gasteiger partial charge in [-0.15, -0.1) is 0 Å². The SMILES string of the molecule is CCC(C)Br.CCC(C)N1CCn2c(nc3cc(Br)ccc3c2=O)C1.O=c1c2ccc(Br)cc2nc2n1CCNC2.[2H]CF. The number of hydrogen-bond acceptors (Lipinski definition) is 6. The Morgan fingerprint density at radius 1 is 0.907 bits per heavy atom. The highest BCUT2D eigenvalue weighted by Gasteiger charge is 2.22. The van der Waals surface area contributed by atoms with Crippen molar-refractivity contribution in [2.75, 3.05) is 20.2 Å². The van der Waals surface area contributed by atoms with E-state index in [2.05, 4.69) is 90.7 Å². The van der Waals surface area contributed by atoms with Crippen molar-refractivity contribution >= 4 is 69.6 Å². The molecule has 0 aliphatic carbocycles. The number of nitrogens with zero attached hydrogens (tertiary/aromatic N) is 5. The number of fused-ring (bicyclic) bond motifs is 4. The molecular formula is C31H40Br3FN6O2. The topological polar surface area (TPSA) is 85.1 Å². The summed E-state index contributed by atoms with van der Waals surface area (Å²) in [6, 6.07) is 11.8. The smallest absolute Gasteiger partial charge is 0.261 e. The minimum Gasteiger partial charge on any atom is -0.308 e. The molecule has 0 fully saturated rings. The number of halogens is 4. The number of hydrogen-bond donors (Lipinski definition) is 1. The third-order valence-electron chi connectivity index (χ3n) is 7.52. The van der Waals surface area contributed by atoms with Gasteiger partial charge in [-0.25, -0.2) is 9.97 Å². The predicted octanol–water partition coefficient (Wildman–Crippen LogP) is 6.80. The summed E-state index contributed by atoms with van der Waals surface area (Å²) in [5.41, 5.74) is 1.69. The first-order valence-electron chi connectivity index (χ1n) is 15.1. The molecule has 0 saturated heterocycles. The van der Waals surface area contributed by atoms with Crippen molar-refractivity contribution < 1.29 is 5.76 Å². The molecule has 0 bridgehead atoms. The van der Waals surface area contributed by atoms with Gasteiger partial charge in [0, 0.05) is 46.0 Å². The van der Waals surface area contributed by atoms with Gasteiger partial charge in [-0.05, 0) is 56.2 Å². The Morgan fingerprint density at radius 2 is 1.42 bits per heavy atom. The highest BCUT2D eigenvalue weighted by molar-refractivity contribution is 9.10. The highest BCUT2D eigenvalue weighted by atomic mass is 79.9. The lowest BCUT2D eigenvalue weighted by molar-refractivity contribution is 0.156. The molecule has 0 saturated carbocycles. The summed E-state index contributed by atoms with van der Waals surface area (Å²) in [7, 11) is -1.00. The quantitative estimate of drug-likeness (QED) is 0.230. The van der Waals surface area contributed by atoms with Crippen LogP contribution in [0.15, 0.2) is 54.9 Å². The molecule has 4 heterocycles. The summed E-state index contributed by atoms with van der Waals surface area (Å²) in [4.78, 5) is 37.0. The van der Waals surface area contributed by atoms with Crippen LogP contribution in [0.2, 0.25) is 0 Å². The van der Waals surface area contributed by atoms with Crippen molar-refractivity contribution in [2.24, 2.45) is 0 Å². The zero-order chi connectivity index (χ0) is 32.4. The molecule has 43 heavy (non-hydrogen) atoms. The van der Waals surface area contributed by atoms with Gasteiger partial charge in [-0.3, -0.25) is 28.0 Å². The molecule has 6 rings (SSSR count). The molecule has 0 spiro atoms. The van der Waals surface area contributed by atoms with E-state index in [1.165, 1.54) is 6.42 Å². The molecule has 12 heteroatoms. The van der Waals surface area contributed by atoms with E-state index in [9.17, 15) is 14.0 Å². The zero-order valence-electron chi connectivity index (χ0n) is 26.0. The van der Waals surface area contributed by atoms with Crippen molar-refractivity contribution in [1.29, 1.82) is 0 Å². The average molecular weight is 788 g/mol. The third kappa shape index (κ3) is 9.03. The van der Waals surface area contributed by atoms with Crippen LogP contribution in [0.1, 0.15) is 53.6 Å². The maximum atomic E-state index is 12.5. The molecule has 2 unspecified atom stereocenters. The van der Waals surface area contributed by atoms with Gasteiger partial charge in [-0.2, -0.15) is 0 Å². The van der Waals surface area contributed by atoms with Crippen molar-refractivity contribution in [1.82, 2.24) is 29.3 Å². The highest BCUT2D eigenvalue weighted by Crippen LogP contribution is 2.20. The standard InChI is InChI=1S/C15H18BrN3O.C11H10BrN3O.C4H9Br.CH3F/c1-3-10(2)18-6-7-19-14(9-18)17-13-8-11(16)4-5-12(13)15(19)20;12-7-1-2-8-9(5-7)14-10-6-13-3-4-15(10)11(8)16;1-3-4(2)5;1-2/h4-5,8,10H,3,6-7,9H2,1-2H3;1-2,5,13H,3-4,6H2;4H,3H2,1-2H3;1H3/i;;;1D. The Labute approximate surface area is 278 Å². The second-order valence-corrected chi connectivity index (χ2v) is 13.8. The molecule has 2 aromatic heterocycles. The van der Waals surface area contributed by atoms with Gasteiger partial charge in [0.2, 0.25) is 0 Å². The second kappa shape index (κ2) is 16.9. The Kier molecular flexibility index (Phi) is 13.3. The Morgan fingerprint density at radius 3 is 1.93 bits per heavy atom. The normalized spacial score (nSPS) is 15.8. The maximum Gasteiger partial charge on any atom is 0.261 e. The van der Waals surface area contributed by atoms with Gasteiger partial charge in [-0.1, -0.05) is 68.6 Å². The number of rotatable bonds is 3. The fourth-order valence-electron chi connectivity index (χ4n) is 4.71. The lowest BCUT2D eigenvalue weighted by Gasteiger charge is -2.33. The van der Waals surface area contributed by atoms with Crippen molar-refractivity contribution in [3.05, 3.63) is 77.7 Å². The van der Waals surface area contributed by atoms with E-state index in [1.807, 2.05) is 41.0 Å². The summed E-state index contributed by atoms with van der Waals surface area (Å²) in [5.74, 6) is 1.70. The number of alkyl halides is 2. The van der Waals surface area contributed by atoms with E-state index in [0.717, 1.165) is 64.2 Å². The van der Waals surface area contributed by atoms with Gasteiger partial charge in [0.1, 0.15) is 11.6 Å². The Hall–Kier alpha value is -1.99. The van der Waals surface area contributed by atoms with Gasteiger partial charge >= 0.3 is 0 Å². The van der Waals surface area contributed by atoms with Crippen LogP contribution in [0.4, 0.5) is 4.39 Å². The first-order valence-corrected chi connectivity index (χ1v) is 16.9. The molecule has 1 N–H and O–H groups in total. The fourth-order valence-corrected chi connectivity index (χ4v) is 5.41. The van der Waals surface area contributed by atoms with E-state index in [0.29, 0.717) is 34.7 Å². The van der Waals surface area contributed by atoms with Gasteiger partial charge in [0.25, 0.3) is 11.1 Å². The van der Waals surface area contributed by atoms with Crippen LogP contribution in [0.5, 0.6) is 0 Å². The van der Waals surface area contributed by atoms with Gasteiger partial charge in [0.05, 0.1) is 43.4 Å². The molecule has 2 aromatic carbocycles. The Balaban J connectivity index is 0.000000197. The largest absolute Gasteiger partial charge is 0.308 e. The lowest BCUT2D eigenvalue weighted by atomic mass is 10.2. The summed E-state index contributed by atoms with van der Waals surface area (Å²) in [6.45, 7) is 13.3. The van der Waals surface area contributed by atoms with E-state index in [-0.39, 0.29) is 11.1 Å². The molecule has 0 amide bonds. The molecule has 4 aromatic rings. The zero-order valence-corrected chi connectivity index (χ0v) is 29.8. The molecule has 8 nitrogen and oxygen atoms in total. The summed E-state index contributed by atoms with van der Waals surface area (Å²) >= 11 is 10.2. The Bertz CT molecular complexity index is 1670. The lowest BCUT2D eigenvalue weighted by Crippen LogP contribution is -2.43. The number of benzene rings is 2. The predicted molar refractivity (Wildman–Crippen MR) is 185 cm³/mol. The maximum absolute atomic E-state index is 12.5. The van der Waals surface area contributed by atoms with Crippen LogP contribution in [0.3, 0.4) is 0 Å². The van der Waals surface area contributed by atoms with Crippen molar-refractivity contribution in [2.45, 2.75) is 77.6 Å². The molecular weight excluding hydrogens is 747 g/mol. The van der Waals surface area contributed by atoms with Gasteiger partial charge < -0.3 is 5.32 Å². The minimum atomic E-state index is -1.00. The van der Waals surface area contributed by atoms with E-state index >= 15 is 0 Å². The van der Waals surface area contributed by atoms with Crippen LogP contribution < -0.4 is 16.4 Å². The van der Waals surface area contributed by atoms with Crippen LogP contribution in [-0.4, -0.2) is 55.1 Å².